The fraction of sp³-hybridized carbons (Fsp3) is 1.00. The molecule has 0 spiro atoms. The van der Waals surface area contributed by atoms with E-state index in [4.69, 9.17) is 0 Å². The average molecular weight is 197 g/mol. The molecule has 1 unspecified atom stereocenters. The van der Waals surface area contributed by atoms with Crippen molar-refractivity contribution in [3.63, 3.8) is 0 Å². The topological polar surface area (TPSA) is 23.5 Å². The van der Waals surface area contributed by atoms with Crippen LogP contribution in [0.5, 0.6) is 0 Å². The maximum Gasteiger partial charge on any atom is 0.0589 e. The van der Waals surface area contributed by atoms with Gasteiger partial charge in [-0.15, -0.1) is 0 Å². The second-order valence-electron chi connectivity index (χ2n) is 4.89. The number of piperidine rings is 1. The first kappa shape index (κ1) is 10.4. The van der Waals surface area contributed by atoms with Crippen molar-refractivity contribution in [2.75, 3.05) is 19.7 Å². The molecule has 0 aromatic heterocycles. The van der Waals surface area contributed by atoms with Crippen molar-refractivity contribution in [3.8, 4) is 0 Å². The van der Waals surface area contributed by atoms with E-state index in [9.17, 15) is 5.11 Å². The number of rotatable bonds is 3. The normalized spacial score (nSPS) is 28.1. The second kappa shape index (κ2) is 5.13. The summed E-state index contributed by atoms with van der Waals surface area (Å²) in [7, 11) is 0. The van der Waals surface area contributed by atoms with Gasteiger partial charge in [0, 0.05) is 6.04 Å². The molecule has 1 saturated carbocycles. The lowest BCUT2D eigenvalue weighted by atomic mass is 9.95. The lowest BCUT2D eigenvalue weighted by Crippen LogP contribution is -2.45. The Balaban J connectivity index is 1.89. The van der Waals surface area contributed by atoms with Gasteiger partial charge in [0.25, 0.3) is 0 Å². The molecule has 82 valence electrons. The summed E-state index contributed by atoms with van der Waals surface area (Å²) in [6, 6.07) is 0.484. The summed E-state index contributed by atoms with van der Waals surface area (Å²) in [5, 5.41) is 9.50. The zero-order valence-electron chi connectivity index (χ0n) is 9.12. The van der Waals surface area contributed by atoms with E-state index in [0.717, 1.165) is 5.92 Å². The van der Waals surface area contributed by atoms with Crippen LogP contribution in [0.1, 0.15) is 44.9 Å². The third-order valence-corrected chi connectivity index (χ3v) is 3.99. The van der Waals surface area contributed by atoms with Crippen LogP contribution in [0.4, 0.5) is 0 Å². The molecule has 1 saturated heterocycles. The zero-order valence-corrected chi connectivity index (χ0v) is 9.12. The van der Waals surface area contributed by atoms with Crippen molar-refractivity contribution in [2.45, 2.75) is 51.0 Å². The fourth-order valence-corrected chi connectivity index (χ4v) is 3.15. The number of aliphatic hydroxyl groups excluding tert-OH is 1. The van der Waals surface area contributed by atoms with Crippen LogP contribution in [0.15, 0.2) is 0 Å². The fourth-order valence-electron chi connectivity index (χ4n) is 3.15. The number of hydrogen-bond donors (Lipinski definition) is 1. The number of aliphatic hydroxyl groups is 1. The Morgan fingerprint density at radius 1 is 1.00 bits per heavy atom. The van der Waals surface area contributed by atoms with Gasteiger partial charge in [-0.2, -0.15) is 0 Å². The molecule has 1 N–H and O–H groups in total. The van der Waals surface area contributed by atoms with Crippen molar-refractivity contribution in [1.82, 2.24) is 4.90 Å². The van der Waals surface area contributed by atoms with Crippen LogP contribution in [0.2, 0.25) is 0 Å². The highest BCUT2D eigenvalue weighted by Crippen LogP contribution is 2.31. The van der Waals surface area contributed by atoms with Crippen LogP contribution in [-0.2, 0) is 0 Å². The minimum absolute atomic E-state index is 0.380. The maximum atomic E-state index is 9.50. The summed E-state index contributed by atoms with van der Waals surface area (Å²) in [6.45, 7) is 2.83. The van der Waals surface area contributed by atoms with Crippen molar-refractivity contribution in [1.29, 1.82) is 0 Å². The van der Waals surface area contributed by atoms with E-state index < -0.39 is 0 Å². The van der Waals surface area contributed by atoms with Gasteiger partial charge in [0.2, 0.25) is 0 Å². The van der Waals surface area contributed by atoms with E-state index in [1.54, 1.807) is 0 Å². The van der Waals surface area contributed by atoms with Crippen LogP contribution in [0, 0.1) is 5.92 Å². The van der Waals surface area contributed by atoms with Crippen LogP contribution >= 0.6 is 0 Å². The summed E-state index contributed by atoms with van der Waals surface area (Å²) >= 11 is 0. The average Bonchev–Trinajstić information content (AvgIpc) is 2.74. The molecule has 2 fully saturated rings. The Labute approximate surface area is 87.3 Å². The number of hydrogen-bond acceptors (Lipinski definition) is 2. The Morgan fingerprint density at radius 2 is 1.64 bits per heavy atom. The smallest absolute Gasteiger partial charge is 0.0589 e. The molecule has 1 aliphatic carbocycles. The minimum Gasteiger partial charge on any atom is -0.395 e. The summed E-state index contributed by atoms with van der Waals surface area (Å²) in [5.41, 5.74) is 0. The van der Waals surface area contributed by atoms with Crippen molar-refractivity contribution in [3.05, 3.63) is 0 Å². The molecule has 0 aromatic rings. The van der Waals surface area contributed by atoms with E-state index in [-0.39, 0.29) is 0 Å². The third kappa shape index (κ3) is 2.29. The van der Waals surface area contributed by atoms with Crippen molar-refractivity contribution < 1.29 is 5.11 Å². The highest BCUT2D eigenvalue weighted by molar-refractivity contribution is 4.83. The molecule has 2 rings (SSSR count). The zero-order chi connectivity index (χ0) is 9.80. The number of likely N-dealkylation sites (tertiary alicyclic amines) is 1. The van der Waals surface area contributed by atoms with Crippen LogP contribution in [0.3, 0.4) is 0 Å². The quantitative estimate of drug-likeness (QED) is 0.748. The molecule has 14 heavy (non-hydrogen) atoms. The van der Waals surface area contributed by atoms with Crippen LogP contribution in [-0.4, -0.2) is 35.7 Å². The monoisotopic (exact) mass is 197 g/mol. The molecule has 2 aliphatic rings. The SMILES string of the molecule is OCC(C1CCCC1)N1CCCCC1. The Kier molecular flexibility index (Phi) is 3.82. The lowest BCUT2D eigenvalue weighted by molar-refractivity contribution is 0.0665. The second-order valence-corrected chi connectivity index (χ2v) is 4.89. The minimum atomic E-state index is 0.380. The molecule has 0 bridgehead atoms. The van der Waals surface area contributed by atoms with Gasteiger partial charge in [-0.3, -0.25) is 4.90 Å². The molecule has 1 heterocycles. The molecule has 1 aliphatic heterocycles. The first-order valence-electron chi connectivity index (χ1n) is 6.26. The van der Waals surface area contributed by atoms with E-state index in [2.05, 4.69) is 4.90 Å². The molecule has 0 aromatic carbocycles. The van der Waals surface area contributed by atoms with Crippen LogP contribution < -0.4 is 0 Å². The first-order chi connectivity index (χ1) is 6.92. The Hall–Kier alpha value is -0.0800. The molecule has 1 atom stereocenters. The van der Waals surface area contributed by atoms with Gasteiger partial charge in [0.1, 0.15) is 0 Å². The van der Waals surface area contributed by atoms with Gasteiger partial charge in [-0.05, 0) is 44.7 Å². The van der Waals surface area contributed by atoms with E-state index in [0.29, 0.717) is 12.6 Å². The van der Waals surface area contributed by atoms with Gasteiger partial charge < -0.3 is 5.11 Å². The van der Waals surface area contributed by atoms with Gasteiger partial charge >= 0.3 is 0 Å². The van der Waals surface area contributed by atoms with Gasteiger partial charge in [-0.1, -0.05) is 19.3 Å². The highest BCUT2D eigenvalue weighted by atomic mass is 16.3. The molecule has 2 nitrogen and oxygen atoms in total. The summed E-state index contributed by atoms with van der Waals surface area (Å²) in [4.78, 5) is 2.54. The molecule has 0 amide bonds. The van der Waals surface area contributed by atoms with E-state index in [1.165, 1.54) is 58.0 Å². The summed E-state index contributed by atoms with van der Waals surface area (Å²) in [5.74, 6) is 0.790. The molecule has 0 radical (unpaired) electrons. The van der Waals surface area contributed by atoms with E-state index in [1.807, 2.05) is 0 Å². The standard InChI is InChI=1S/C12H23NO/c14-10-12(11-6-2-3-7-11)13-8-4-1-5-9-13/h11-12,14H,1-10H2. The maximum absolute atomic E-state index is 9.50. The Morgan fingerprint density at radius 3 is 2.21 bits per heavy atom. The first-order valence-corrected chi connectivity index (χ1v) is 6.26. The van der Waals surface area contributed by atoms with Gasteiger partial charge in [0.05, 0.1) is 6.61 Å². The summed E-state index contributed by atoms with van der Waals surface area (Å²) < 4.78 is 0. The van der Waals surface area contributed by atoms with Gasteiger partial charge in [0.15, 0.2) is 0 Å². The lowest BCUT2D eigenvalue weighted by Gasteiger charge is -2.36. The molecular formula is C12H23NO. The Bertz CT molecular complexity index is 160. The predicted octanol–water partition coefficient (Wildman–Crippen LogP) is 2.02. The highest BCUT2D eigenvalue weighted by Gasteiger charge is 2.29. The summed E-state index contributed by atoms with van der Waals surface area (Å²) in [6.07, 6.45) is 9.53. The van der Waals surface area contributed by atoms with Crippen LogP contribution in [0.25, 0.3) is 0 Å². The number of nitrogens with zero attached hydrogens (tertiary/aromatic N) is 1. The molecular weight excluding hydrogens is 174 g/mol. The largest absolute Gasteiger partial charge is 0.395 e. The van der Waals surface area contributed by atoms with Crippen molar-refractivity contribution >= 4 is 0 Å². The van der Waals surface area contributed by atoms with Gasteiger partial charge in [-0.25, -0.2) is 0 Å². The third-order valence-electron chi connectivity index (χ3n) is 3.99. The predicted molar refractivity (Wildman–Crippen MR) is 58.3 cm³/mol. The van der Waals surface area contributed by atoms with E-state index >= 15 is 0 Å². The molecule has 2 heteroatoms. The van der Waals surface area contributed by atoms with Crippen molar-refractivity contribution in [2.24, 2.45) is 5.92 Å².